The fourth-order valence-electron chi connectivity index (χ4n) is 5.09. The number of carboxylic acids is 1. The number of piperazine rings is 1. The van der Waals surface area contributed by atoms with Gasteiger partial charge in [0.1, 0.15) is 23.3 Å². The SMILES string of the molecule is CC(C)(C)OC(=O)N[C@@H]1C[C@@H](C(=O)O)N(C(=O)[C@@H](CC(=O)N2CCN(C(=O)OC(C)(C)C)CC2)NS(=O)(=O)Cc2ccccc2)C1. The molecule has 15 nitrogen and oxygen atoms in total. The number of amides is 4. The number of nitrogens with one attached hydrogen (secondary N) is 2. The van der Waals surface area contributed by atoms with Gasteiger partial charge in [-0.2, -0.15) is 0 Å². The number of aliphatic carboxylic acids is 1. The van der Waals surface area contributed by atoms with Crippen LogP contribution in [0, 0.1) is 0 Å². The second-order valence-corrected chi connectivity index (χ2v) is 15.1. The highest BCUT2D eigenvalue weighted by atomic mass is 32.2. The summed E-state index contributed by atoms with van der Waals surface area (Å²) in [4.78, 5) is 68.1. The van der Waals surface area contributed by atoms with E-state index in [1.165, 1.54) is 9.80 Å². The average molecular weight is 668 g/mol. The first-order chi connectivity index (χ1) is 21.2. The van der Waals surface area contributed by atoms with Gasteiger partial charge in [-0.25, -0.2) is 27.5 Å². The van der Waals surface area contributed by atoms with E-state index in [9.17, 15) is 37.5 Å². The number of hydrogen-bond donors (Lipinski definition) is 3. The van der Waals surface area contributed by atoms with Crippen molar-refractivity contribution in [3.05, 3.63) is 35.9 Å². The molecule has 2 aliphatic rings. The van der Waals surface area contributed by atoms with Crippen LogP contribution in [0.1, 0.15) is 59.9 Å². The monoisotopic (exact) mass is 667 g/mol. The van der Waals surface area contributed by atoms with Crippen LogP contribution in [-0.2, 0) is 39.6 Å². The lowest BCUT2D eigenvalue weighted by atomic mass is 10.1. The predicted octanol–water partition coefficient (Wildman–Crippen LogP) is 1.52. The van der Waals surface area contributed by atoms with Crippen LogP contribution in [0.2, 0.25) is 0 Å². The molecule has 2 saturated heterocycles. The number of likely N-dealkylation sites (tertiary alicyclic amines) is 1. The first-order valence-electron chi connectivity index (χ1n) is 15.1. The minimum Gasteiger partial charge on any atom is -0.480 e. The summed E-state index contributed by atoms with van der Waals surface area (Å²) in [6, 6.07) is 4.42. The van der Waals surface area contributed by atoms with Crippen LogP contribution >= 0.6 is 0 Å². The fraction of sp³-hybridized carbons (Fsp3) is 0.633. The topological polar surface area (TPSA) is 192 Å². The van der Waals surface area contributed by atoms with E-state index < -0.39 is 81.5 Å². The van der Waals surface area contributed by atoms with Crippen molar-refractivity contribution in [1.82, 2.24) is 24.7 Å². The van der Waals surface area contributed by atoms with Crippen LogP contribution in [0.25, 0.3) is 0 Å². The number of carbonyl (C=O) groups is 5. The molecule has 3 rings (SSSR count). The van der Waals surface area contributed by atoms with E-state index in [1.54, 1.807) is 71.9 Å². The van der Waals surface area contributed by atoms with Crippen molar-refractivity contribution in [2.24, 2.45) is 0 Å². The zero-order valence-electron chi connectivity index (χ0n) is 27.1. The molecule has 3 N–H and O–H groups in total. The first-order valence-corrected chi connectivity index (χ1v) is 16.7. The number of sulfonamides is 1. The van der Waals surface area contributed by atoms with E-state index in [4.69, 9.17) is 9.47 Å². The Balaban J connectivity index is 1.78. The van der Waals surface area contributed by atoms with E-state index in [0.717, 1.165) is 4.90 Å². The zero-order valence-corrected chi connectivity index (χ0v) is 28.0. The van der Waals surface area contributed by atoms with Gasteiger partial charge in [-0.3, -0.25) is 9.59 Å². The molecule has 2 aliphatic heterocycles. The first kappa shape index (κ1) is 36.5. The summed E-state index contributed by atoms with van der Waals surface area (Å²) in [7, 11) is -4.19. The Morgan fingerprint density at radius 3 is 2.02 bits per heavy atom. The Labute approximate surface area is 269 Å². The smallest absolute Gasteiger partial charge is 0.410 e. The summed E-state index contributed by atoms with van der Waals surface area (Å²) >= 11 is 0. The molecule has 0 radical (unpaired) electrons. The Hall–Kier alpha value is -3.92. The van der Waals surface area contributed by atoms with Crippen molar-refractivity contribution in [2.75, 3.05) is 32.7 Å². The van der Waals surface area contributed by atoms with Crippen molar-refractivity contribution >= 4 is 40.0 Å². The molecule has 0 unspecified atom stereocenters. The summed E-state index contributed by atoms with van der Waals surface area (Å²) < 4.78 is 39.4. The molecule has 4 amide bonds. The average Bonchev–Trinajstić information content (AvgIpc) is 3.34. The maximum absolute atomic E-state index is 13.9. The lowest BCUT2D eigenvalue weighted by Crippen LogP contribution is -2.56. The van der Waals surface area contributed by atoms with Gasteiger partial charge in [0.2, 0.25) is 21.8 Å². The Morgan fingerprint density at radius 1 is 0.913 bits per heavy atom. The molecule has 0 bridgehead atoms. The lowest BCUT2D eigenvalue weighted by molar-refractivity contribution is -0.149. The Bertz CT molecular complexity index is 1380. The lowest BCUT2D eigenvalue weighted by Gasteiger charge is -2.36. The van der Waals surface area contributed by atoms with Gasteiger partial charge in [-0.05, 0) is 47.1 Å². The quantitative estimate of drug-likeness (QED) is 0.348. The van der Waals surface area contributed by atoms with Gasteiger partial charge in [0.25, 0.3) is 0 Å². The second-order valence-electron chi connectivity index (χ2n) is 13.4. The highest BCUT2D eigenvalue weighted by molar-refractivity contribution is 7.88. The third-order valence-corrected chi connectivity index (χ3v) is 8.43. The number of carbonyl (C=O) groups excluding carboxylic acids is 4. The molecule has 1 aromatic carbocycles. The molecule has 1 aromatic rings. The number of hydrogen-bond acceptors (Lipinski definition) is 9. The summed E-state index contributed by atoms with van der Waals surface area (Å²) in [6.07, 6.45) is -2.06. The molecular formula is C30H45N5O10S. The normalized spacial score (nSPS) is 19.7. The third-order valence-electron chi connectivity index (χ3n) is 7.07. The molecule has 0 spiro atoms. The molecule has 2 heterocycles. The Kier molecular flexibility index (Phi) is 11.7. The van der Waals surface area contributed by atoms with E-state index in [1.807, 2.05) is 0 Å². The van der Waals surface area contributed by atoms with E-state index in [0.29, 0.717) is 5.56 Å². The molecule has 0 aromatic heterocycles. The van der Waals surface area contributed by atoms with Gasteiger partial charge in [0.05, 0.1) is 18.2 Å². The fourth-order valence-corrected chi connectivity index (χ4v) is 6.42. The maximum Gasteiger partial charge on any atom is 0.410 e. The van der Waals surface area contributed by atoms with Gasteiger partial charge in [-0.15, -0.1) is 0 Å². The molecule has 3 atom stereocenters. The number of rotatable bonds is 9. The minimum atomic E-state index is -4.19. The van der Waals surface area contributed by atoms with Crippen molar-refractivity contribution in [1.29, 1.82) is 0 Å². The number of carboxylic acid groups (broad SMARTS) is 1. The molecule has 16 heteroatoms. The van der Waals surface area contributed by atoms with Crippen LogP contribution in [0.5, 0.6) is 0 Å². The third kappa shape index (κ3) is 11.2. The summed E-state index contributed by atoms with van der Waals surface area (Å²) in [5.74, 6) is -3.30. The minimum absolute atomic E-state index is 0.124. The number of benzene rings is 1. The zero-order chi connectivity index (χ0) is 34.4. The molecule has 0 aliphatic carbocycles. The van der Waals surface area contributed by atoms with Gasteiger partial charge in [0.15, 0.2) is 0 Å². The van der Waals surface area contributed by atoms with Crippen molar-refractivity contribution in [2.45, 2.75) is 89.5 Å². The van der Waals surface area contributed by atoms with Gasteiger partial charge < -0.3 is 34.6 Å². The Morgan fingerprint density at radius 2 is 1.48 bits per heavy atom. The second kappa shape index (κ2) is 14.7. The van der Waals surface area contributed by atoms with Crippen LogP contribution in [0.15, 0.2) is 30.3 Å². The van der Waals surface area contributed by atoms with E-state index >= 15 is 0 Å². The summed E-state index contributed by atoms with van der Waals surface area (Å²) in [5.41, 5.74) is -1.07. The molecule has 256 valence electrons. The van der Waals surface area contributed by atoms with E-state index in [-0.39, 0.29) is 39.1 Å². The van der Waals surface area contributed by atoms with Crippen molar-refractivity contribution < 1.29 is 47.0 Å². The predicted molar refractivity (Wildman–Crippen MR) is 166 cm³/mol. The summed E-state index contributed by atoms with van der Waals surface area (Å²) in [5, 5.41) is 12.5. The molecule has 0 saturated carbocycles. The van der Waals surface area contributed by atoms with Crippen LogP contribution in [-0.4, -0.2) is 120 Å². The number of ether oxygens (including phenoxy) is 2. The highest BCUT2D eigenvalue weighted by Gasteiger charge is 2.44. The number of alkyl carbamates (subject to hydrolysis) is 1. The summed E-state index contributed by atoms with van der Waals surface area (Å²) in [6.45, 7) is 10.6. The van der Waals surface area contributed by atoms with Crippen LogP contribution in [0.4, 0.5) is 9.59 Å². The largest absolute Gasteiger partial charge is 0.480 e. The number of nitrogens with zero attached hydrogens (tertiary/aromatic N) is 3. The van der Waals surface area contributed by atoms with Crippen LogP contribution in [0.3, 0.4) is 0 Å². The van der Waals surface area contributed by atoms with Crippen LogP contribution < -0.4 is 10.0 Å². The van der Waals surface area contributed by atoms with Crippen molar-refractivity contribution in [3.8, 4) is 0 Å². The van der Waals surface area contributed by atoms with Crippen molar-refractivity contribution in [3.63, 3.8) is 0 Å². The molecule has 46 heavy (non-hydrogen) atoms. The highest BCUT2D eigenvalue weighted by Crippen LogP contribution is 2.22. The van der Waals surface area contributed by atoms with Gasteiger partial charge in [-0.1, -0.05) is 30.3 Å². The molecule has 2 fully saturated rings. The van der Waals surface area contributed by atoms with E-state index in [2.05, 4.69) is 10.0 Å². The van der Waals surface area contributed by atoms with Gasteiger partial charge >= 0.3 is 18.2 Å². The standard InChI is InChI=1S/C30H45N5O10S/c1-29(2,3)44-27(40)31-21-16-23(26(38)39)35(18-21)25(37)22(32-46(42,43)19-20-10-8-7-9-11-20)17-24(36)33-12-14-34(15-13-33)28(41)45-30(4,5)6/h7-11,21-23,32H,12-19H2,1-6H3,(H,31,40)(H,38,39)/t21-,22-,23+/m1/s1. The molecular weight excluding hydrogens is 622 g/mol. The van der Waals surface area contributed by atoms with Gasteiger partial charge in [0, 0.05) is 39.1 Å². The maximum atomic E-state index is 13.9.